The van der Waals surface area contributed by atoms with Crippen molar-refractivity contribution in [1.82, 2.24) is 0 Å². The van der Waals surface area contributed by atoms with Crippen molar-refractivity contribution < 1.29 is 19.8 Å². The summed E-state index contributed by atoms with van der Waals surface area (Å²) < 4.78 is 0. The first kappa shape index (κ1) is 21.0. The summed E-state index contributed by atoms with van der Waals surface area (Å²) in [7, 11) is 0. The van der Waals surface area contributed by atoms with Gasteiger partial charge < -0.3 is 10.2 Å². The van der Waals surface area contributed by atoms with Crippen LogP contribution in [-0.2, 0) is 9.59 Å². The highest BCUT2D eigenvalue weighted by molar-refractivity contribution is 5.76. The number of hydrogen-bond donors (Lipinski definition) is 2. The summed E-state index contributed by atoms with van der Waals surface area (Å²) in [5.74, 6) is -0.871. The van der Waals surface area contributed by atoms with Crippen LogP contribution in [0.5, 0.6) is 0 Å². The molecule has 1 fully saturated rings. The lowest BCUT2D eigenvalue weighted by Gasteiger charge is -2.47. The lowest BCUT2D eigenvalue weighted by Crippen LogP contribution is -2.46. The number of rotatable bonds is 15. The highest BCUT2D eigenvalue weighted by Crippen LogP contribution is 2.52. The first-order chi connectivity index (χ1) is 11.5. The van der Waals surface area contributed by atoms with E-state index >= 15 is 0 Å². The molecule has 2 unspecified atom stereocenters. The third-order valence-electron chi connectivity index (χ3n) is 5.82. The molecule has 0 aromatic carbocycles. The average molecular weight is 341 g/mol. The van der Waals surface area contributed by atoms with E-state index in [4.69, 9.17) is 5.11 Å². The zero-order valence-electron chi connectivity index (χ0n) is 15.4. The van der Waals surface area contributed by atoms with Gasteiger partial charge in [-0.25, -0.2) is 0 Å². The van der Waals surface area contributed by atoms with Gasteiger partial charge in [0.25, 0.3) is 0 Å². The molecule has 0 aromatic rings. The fourth-order valence-corrected chi connectivity index (χ4v) is 4.08. The maximum Gasteiger partial charge on any atom is 0.309 e. The Morgan fingerprint density at radius 2 is 1.54 bits per heavy atom. The van der Waals surface area contributed by atoms with Crippen LogP contribution < -0.4 is 0 Å². The minimum Gasteiger partial charge on any atom is -0.481 e. The van der Waals surface area contributed by atoms with Gasteiger partial charge in [-0.3, -0.25) is 9.59 Å². The Morgan fingerprint density at radius 1 is 0.917 bits per heavy atom. The molecule has 0 heterocycles. The minimum atomic E-state index is -0.706. The van der Waals surface area contributed by atoms with E-state index < -0.39 is 17.4 Å². The molecule has 140 valence electrons. The number of carboxylic acids is 2. The standard InChI is InChI=1S/C20H36O4/c1-2-3-9-12-17-14-16-20(17,19(23)24)15-11-8-6-4-5-7-10-13-18(21)22/h17H,2-16H2,1H3,(H,21,22)(H,23,24). The maximum atomic E-state index is 11.8. The molecule has 0 radical (unpaired) electrons. The van der Waals surface area contributed by atoms with Gasteiger partial charge in [-0.05, 0) is 38.0 Å². The van der Waals surface area contributed by atoms with Gasteiger partial charge in [0.1, 0.15) is 0 Å². The van der Waals surface area contributed by atoms with Gasteiger partial charge in [-0.1, -0.05) is 64.7 Å². The monoisotopic (exact) mass is 340 g/mol. The fourth-order valence-electron chi connectivity index (χ4n) is 4.08. The second-order valence-electron chi connectivity index (χ2n) is 7.56. The van der Waals surface area contributed by atoms with Crippen molar-refractivity contribution in [3.05, 3.63) is 0 Å². The van der Waals surface area contributed by atoms with Gasteiger partial charge in [0, 0.05) is 6.42 Å². The largest absolute Gasteiger partial charge is 0.481 e. The van der Waals surface area contributed by atoms with Crippen molar-refractivity contribution in [3.63, 3.8) is 0 Å². The SMILES string of the molecule is CCCCCC1CCC1(CCCCCCCCCC(=O)O)C(=O)O. The van der Waals surface area contributed by atoms with E-state index in [0.717, 1.165) is 70.6 Å². The molecule has 4 heteroatoms. The van der Waals surface area contributed by atoms with Gasteiger partial charge in [-0.15, -0.1) is 0 Å². The molecule has 0 spiro atoms. The third-order valence-corrected chi connectivity index (χ3v) is 5.82. The van der Waals surface area contributed by atoms with E-state index in [1.54, 1.807) is 0 Å². The van der Waals surface area contributed by atoms with Crippen LogP contribution in [-0.4, -0.2) is 22.2 Å². The van der Waals surface area contributed by atoms with Crippen molar-refractivity contribution in [1.29, 1.82) is 0 Å². The van der Waals surface area contributed by atoms with Crippen molar-refractivity contribution in [3.8, 4) is 0 Å². The number of carboxylic acid groups (broad SMARTS) is 2. The summed E-state index contributed by atoms with van der Waals surface area (Å²) in [5.41, 5.74) is -0.421. The van der Waals surface area contributed by atoms with E-state index in [2.05, 4.69) is 6.92 Å². The van der Waals surface area contributed by atoms with Crippen molar-refractivity contribution in [2.24, 2.45) is 11.3 Å². The normalized spacial score (nSPS) is 23.0. The average Bonchev–Trinajstić information content (AvgIpc) is 2.51. The van der Waals surface area contributed by atoms with Gasteiger partial charge in [0.2, 0.25) is 0 Å². The van der Waals surface area contributed by atoms with Crippen LogP contribution in [0.4, 0.5) is 0 Å². The van der Waals surface area contributed by atoms with E-state index in [9.17, 15) is 14.7 Å². The molecule has 1 saturated carbocycles. The molecule has 2 atom stereocenters. The Balaban J connectivity index is 2.14. The second kappa shape index (κ2) is 11.5. The first-order valence-electron chi connectivity index (χ1n) is 9.98. The van der Waals surface area contributed by atoms with Crippen LogP contribution in [0, 0.1) is 11.3 Å². The minimum absolute atomic E-state index is 0.278. The molecule has 0 amide bonds. The van der Waals surface area contributed by atoms with E-state index in [-0.39, 0.29) is 6.42 Å². The van der Waals surface area contributed by atoms with Crippen LogP contribution in [0.3, 0.4) is 0 Å². The predicted octanol–water partition coefficient (Wildman–Crippen LogP) is 5.64. The number of carbonyl (C=O) groups is 2. The fraction of sp³-hybridized carbons (Fsp3) is 0.900. The quantitative estimate of drug-likeness (QED) is 0.378. The Hall–Kier alpha value is -1.06. The highest BCUT2D eigenvalue weighted by Gasteiger charge is 2.51. The van der Waals surface area contributed by atoms with Crippen LogP contribution in [0.15, 0.2) is 0 Å². The van der Waals surface area contributed by atoms with Gasteiger partial charge in [0.15, 0.2) is 0 Å². The summed E-state index contributed by atoms with van der Waals surface area (Å²) in [5, 5.41) is 18.3. The molecule has 2 N–H and O–H groups in total. The van der Waals surface area contributed by atoms with Crippen LogP contribution in [0.25, 0.3) is 0 Å². The molecule has 0 saturated heterocycles. The van der Waals surface area contributed by atoms with Gasteiger partial charge in [-0.2, -0.15) is 0 Å². The molecule has 0 bridgehead atoms. The van der Waals surface area contributed by atoms with Crippen molar-refractivity contribution in [2.75, 3.05) is 0 Å². The van der Waals surface area contributed by atoms with Crippen LogP contribution in [0.2, 0.25) is 0 Å². The third kappa shape index (κ3) is 6.82. The number of hydrogen-bond acceptors (Lipinski definition) is 2. The van der Waals surface area contributed by atoms with Gasteiger partial charge in [0.05, 0.1) is 5.41 Å². The lowest BCUT2D eigenvalue weighted by atomic mass is 9.56. The van der Waals surface area contributed by atoms with E-state index in [1.807, 2.05) is 0 Å². The Bertz CT molecular complexity index is 380. The van der Waals surface area contributed by atoms with Crippen LogP contribution >= 0.6 is 0 Å². The lowest BCUT2D eigenvalue weighted by molar-refractivity contribution is -0.163. The number of unbranched alkanes of at least 4 members (excludes halogenated alkanes) is 8. The summed E-state index contributed by atoms with van der Waals surface area (Å²) in [6.07, 6.45) is 15.0. The van der Waals surface area contributed by atoms with E-state index in [0.29, 0.717) is 5.92 Å². The maximum absolute atomic E-state index is 11.8. The zero-order chi connectivity index (χ0) is 17.8. The number of aliphatic carboxylic acids is 2. The molecule has 4 nitrogen and oxygen atoms in total. The summed E-state index contributed by atoms with van der Waals surface area (Å²) >= 11 is 0. The molecule has 0 aliphatic heterocycles. The molecular formula is C20H36O4. The molecule has 1 aliphatic rings. The molecule has 24 heavy (non-hydrogen) atoms. The van der Waals surface area contributed by atoms with Gasteiger partial charge >= 0.3 is 11.9 Å². The zero-order valence-corrected chi connectivity index (χ0v) is 15.4. The highest BCUT2D eigenvalue weighted by atomic mass is 16.4. The Kier molecular flexibility index (Phi) is 10.0. The molecule has 0 aromatic heterocycles. The Labute approximate surface area is 147 Å². The smallest absolute Gasteiger partial charge is 0.309 e. The summed E-state index contributed by atoms with van der Waals surface area (Å²) in [6, 6.07) is 0. The predicted molar refractivity (Wildman–Crippen MR) is 96.1 cm³/mol. The molecular weight excluding hydrogens is 304 g/mol. The van der Waals surface area contributed by atoms with E-state index in [1.165, 1.54) is 19.3 Å². The van der Waals surface area contributed by atoms with Crippen LogP contribution in [0.1, 0.15) is 103 Å². The van der Waals surface area contributed by atoms with Crippen molar-refractivity contribution in [2.45, 2.75) is 103 Å². The second-order valence-corrected chi connectivity index (χ2v) is 7.56. The van der Waals surface area contributed by atoms with Crippen molar-refractivity contribution >= 4 is 11.9 Å². The molecule has 1 aliphatic carbocycles. The topological polar surface area (TPSA) is 74.6 Å². The Morgan fingerprint density at radius 3 is 2.04 bits per heavy atom. The summed E-state index contributed by atoms with van der Waals surface area (Å²) in [6.45, 7) is 2.19. The first-order valence-corrected chi connectivity index (χ1v) is 9.98. The summed E-state index contributed by atoms with van der Waals surface area (Å²) in [4.78, 5) is 22.2. The molecule has 1 rings (SSSR count).